The molecule has 166 valence electrons. The van der Waals surface area contributed by atoms with Crippen LogP contribution in [-0.4, -0.2) is 69.0 Å². The molecule has 1 saturated carbocycles. The molecule has 1 aliphatic heterocycles. The van der Waals surface area contributed by atoms with Crippen LogP contribution < -0.4 is 0 Å². The lowest BCUT2D eigenvalue weighted by atomic mass is 9.95. The van der Waals surface area contributed by atoms with Gasteiger partial charge in [0.15, 0.2) is 11.4 Å². The van der Waals surface area contributed by atoms with Gasteiger partial charge in [-0.25, -0.2) is 9.48 Å². The highest BCUT2D eigenvalue weighted by Crippen LogP contribution is 2.35. The standard InChI is InChI=1S/C21H28N6O4/c1-2-30-21(28)16-13-17-15(22-16)12-18(31-17)19(26-8-10-29-11-9-26)20-23-24-25-27(20)14-6-4-3-5-7-14/h12-14,19,22H,2-11H2,1H3/t19-/m0/s1. The molecule has 0 aromatic carbocycles. The Bertz CT molecular complexity index is 996. The molecule has 0 radical (unpaired) electrons. The highest BCUT2D eigenvalue weighted by molar-refractivity contribution is 5.93. The molecule has 4 heterocycles. The largest absolute Gasteiger partial charge is 0.461 e. The summed E-state index contributed by atoms with van der Waals surface area (Å²) < 4.78 is 18.9. The van der Waals surface area contributed by atoms with E-state index in [0.29, 0.717) is 37.1 Å². The lowest BCUT2D eigenvalue weighted by Crippen LogP contribution is -2.40. The molecule has 2 fully saturated rings. The van der Waals surface area contributed by atoms with Gasteiger partial charge in [-0.1, -0.05) is 19.3 Å². The number of nitrogens with one attached hydrogen (secondary N) is 1. The molecule has 0 amide bonds. The van der Waals surface area contributed by atoms with Crippen LogP contribution in [0.25, 0.3) is 11.1 Å². The van der Waals surface area contributed by atoms with E-state index in [1.807, 2.05) is 10.7 Å². The monoisotopic (exact) mass is 428 g/mol. The summed E-state index contributed by atoms with van der Waals surface area (Å²) in [7, 11) is 0. The van der Waals surface area contributed by atoms with Crippen LogP contribution in [0.2, 0.25) is 0 Å². The van der Waals surface area contributed by atoms with Gasteiger partial charge in [0, 0.05) is 25.2 Å². The van der Waals surface area contributed by atoms with Crippen LogP contribution in [0, 0.1) is 0 Å². The van der Waals surface area contributed by atoms with E-state index in [-0.39, 0.29) is 12.0 Å². The van der Waals surface area contributed by atoms with Crippen molar-refractivity contribution in [2.45, 2.75) is 51.1 Å². The molecule has 3 aromatic rings. The molecule has 0 spiro atoms. The highest BCUT2D eigenvalue weighted by Gasteiger charge is 2.34. The number of hydrogen-bond donors (Lipinski definition) is 1. The fraction of sp³-hybridized carbons (Fsp3) is 0.619. The molecule has 10 heteroatoms. The summed E-state index contributed by atoms with van der Waals surface area (Å²) in [6, 6.07) is 3.74. The molecule has 0 unspecified atom stereocenters. The fourth-order valence-electron chi connectivity index (χ4n) is 4.67. The Morgan fingerprint density at radius 2 is 2.06 bits per heavy atom. The SMILES string of the molecule is CCOC(=O)c1cc2oc([C@@H](c3nnnn3C3CCCCC3)N3CCOCC3)cc2[nH]1. The number of nitrogens with zero attached hydrogens (tertiary/aromatic N) is 5. The first-order valence-electron chi connectivity index (χ1n) is 11.1. The Morgan fingerprint density at radius 3 is 2.81 bits per heavy atom. The van der Waals surface area contributed by atoms with Crippen molar-refractivity contribution in [3.05, 3.63) is 29.4 Å². The minimum absolute atomic E-state index is 0.215. The molecule has 1 saturated heterocycles. The van der Waals surface area contributed by atoms with Gasteiger partial charge in [-0.15, -0.1) is 5.10 Å². The zero-order valence-electron chi connectivity index (χ0n) is 17.7. The Morgan fingerprint density at radius 1 is 1.26 bits per heavy atom. The van der Waals surface area contributed by atoms with Crippen LogP contribution in [0.5, 0.6) is 0 Å². The summed E-state index contributed by atoms with van der Waals surface area (Å²) in [6.07, 6.45) is 5.86. The topological polar surface area (TPSA) is 111 Å². The predicted octanol–water partition coefficient (Wildman–Crippen LogP) is 2.85. The van der Waals surface area contributed by atoms with Crippen molar-refractivity contribution < 1.29 is 18.7 Å². The van der Waals surface area contributed by atoms with Crippen LogP contribution in [0.15, 0.2) is 16.5 Å². The lowest BCUT2D eigenvalue weighted by Gasteiger charge is -2.33. The molecule has 5 rings (SSSR count). The van der Waals surface area contributed by atoms with Gasteiger partial charge in [-0.2, -0.15) is 0 Å². The number of rotatable bonds is 6. The maximum Gasteiger partial charge on any atom is 0.354 e. The van der Waals surface area contributed by atoms with Gasteiger partial charge in [0.05, 0.1) is 31.4 Å². The number of ether oxygens (including phenoxy) is 2. The number of morpholine rings is 1. The second-order valence-electron chi connectivity index (χ2n) is 8.15. The first kappa shape index (κ1) is 20.2. The summed E-state index contributed by atoms with van der Waals surface area (Å²) >= 11 is 0. The maximum absolute atomic E-state index is 12.0. The molecule has 3 aromatic heterocycles. The van der Waals surface area contributed by atoms with E-state index < -0.39 is 0 Å². The van der Waals surface area contributed by atoms with E-state index in [9.17, 15) is 4.79 Å². The van der Waals surface area contributed by atoms with Crippen molar-refractivity contribution >= 4 is 17.1 Å². The molecule has 1 aliphatic carbocycles. The summed E-state index contributed by atoms with van der Waals surface area (Å²) in [6.45, 7) is 4.97. The fourth-order valence-corrected chi connectivity index (χ4v) is 4.67. The number of hydrogen-bond acceptors (Lipinski definition) is 8. The van der Waals surface area contributed by atoms with Crippen LogP contribution in [0.4, 0.5) is 0 Å². The summed E-state index contributed by atoms with van der Waals surface area (Å²) in [5, 5.41) is 12.8. The second-order valence-corrected chi connectivity index (χ2v) is 8.15. The van der Waals surface area contributed by atoms with Gasteiger partial charge in [-0.3, -0.25) is 4.90 Å². The molecule has 10 nitrogen and oxygen atoms in total. The molecule has 1 atom stereocenters. The minimum Gasteiger partial charge on any atom is -0.461 e. The van der Waals surface area contributed by atoms with E-state index in [0.717, 1.165) is 43.0 Å². The Hall–Kier alpha value is -2.72. The normalized spacial score (nSPS) is 19.6. The predicted molar refractivity (Wildman–Crippen MR) is 111 cm³/mol. The number of fused-ring (bicyclic) bond motifs is 1. The number of aromatic amines is 1. The van der Waals surface area contributed by atoms with Crippen molar-refractivity contribution in [2.24, 2.45) is 0 Å². The Labute approximate surface area is 179 Å². The number of carbonyl (C=O) groups excluding carboxylic acids is 1. The molecular weight excluding hydrogens is 400 g/mol. The zero-order valence-corrected chi connectivity index (χ0v) is 17.7. The van der Waals surface area contributed by atoms with Gasteiger partial charge < -0.3 is 18.9 Å². The van der Waals surface area contributed by atoms with E-state index in [4.69, 9.17) is 13.9 Å². The molecule has 0 bridgehead atoms. The minimum atomic E-state index is -0.388. The van der Waals surface area contributed by atoms with Gasteiger partial charge in [0.1, 0.15) is 17.5 Å². The Balaban J connectivity index is 1.51. The van der Waals surface area contributed by atoms with Crippen LogP contribution in [0.3, 0.4) is 0 Å². The lowest BCUT2D eigenvalue weighted by molar-refractivity contribution is 0.0174. The van der Waals surface area contributed by atoms with Gasteiger partial charge >= 0.3 is 5.97 Å². The third-order valence-corrected chi connectivity index (χ3v) is 6.18. The van der Waals surface area contributed by atoms with E-state index >= 15 is 0 Å². The number of esters is 1. The summed E-state index contributed by atoms with van der Waals surface area (Å²) in [4.78, 5) is 17.5. The number of H-pyrrole nitrogens is 1. The van der Waals surface area contributed by atoms with Gasteiger partial charge in [0.25, 0.3) is 0 Å². The first-order valence-corrected chi connectivity index (χ1v) is 11.1. The average Bonchev–Trinajstić information content (AvgIpc) is 3.51. The summed E-state index contributed by atoms with van der Waals surface area (Å²) in [5.41, 5.74) is 1.76. The highest BCUT2D eigenvalue weighted by atomic mass is 16.5. The smallest absolute Gasteiger partial charge is 0.354 e. The van der Waals surface area contributed by atoms with Crippen LogP contribution in [0.1, 0.15) is 73.2 Å². The van der Waals surface area contributed by atoms with Crippen molar-refractivity contribution in [1.29, 1.82) is 0 Å². The Kier molecular flexibility index (Phi) is 5.73. The molecule has 2 aliphatic rings. The van der Waals surface area contributed by atoms with Crippen molar-refractivity contribution in [1.82, 2.24) is 30.1 Å². The van der Waals surface area contributed by atoms with Crippen molar-refractivity contribution in [3.8, 4) is 0 Å². The number of tetrazole rings is 1. The maximum atomic E-state index is 12.0. The number of carbonyl (C=O) groups is 1. The quantitative estimate of drug-likeness (QED) is 0.597. The van der Waals surface area contributed by atoms with Crippen molar-refractivity contribution in [3.63, 3.8) is 0 Å². The second kappa shape index (κ2) is 8.80. The van der Waals surface area contributed by atoms with Gasteiger partial charge in [0.2, 0.25) is 0 Å². The molecular formula is C21H28N6O4. The van der Waals surface area contributed by atoms with Crippen LogP contribution in [-0.2, 0) is 9.47 Å². The van der Waals surface area contributed by atoms with Crippen LogP contribution >= 0.6 is 0 Å². The average molecular weight is 428 g/mol. The first-order chi connectivity index (χ1) is 15.2. The molecule has 31 heavy (non-hydrogen) atoms. The van der Waals surface area contributed by atoms with E-state index in [2.05, 4.69) is 25.4 Å². The van der Waals surface area contributed by atoms with E-state index in [1.165, 1.54) is 19.3 Å². The number of aromatic nitrogens is 5. The van der Waals surface area contributed by atoms with E-state index in [1.54, 1.807) is 13.0 Å². The van der Waals surface area contributed by atoms with Gasteiger partial charge in [-0.05, 0) is 30.2 Å². The third kappa shape index (κ3) is 3.97. The number of furan rings is 1. The van der Waals surface area contributed by atoms with Crippen molar-refractivity contribution in [2.75, 3.05) is 32.9 Å². The zero-order chi connectivity index (χ0) is 21.2. The molecule has 1 N–H and O–H groups in total. The summed E-state index contributed by atoms with van der Waals surface area (Å²) in [5.74, 6) is 1.17. The third-order valence-electron chi connectivity index (χ3n) is 6.18.